The Morgan fingerprint density at radius 1 is 1.11 bits per heavy atom. The Bertz CT molecular complexity index is 962. The van der Waals surface area contributed by atoms with Crippen LogP contribution in [0.4, 0.5) is 11.6 Å². The molecule has 0 bridgehead atoms. The van der Waals surface area contributed by atoms with Crippen LogP contribution in [0.25, 0.3) is 10.8 Å². The predicted molar refractivity (Wildman–Crippen MR) is 105 cm³/mol. The Labute approximate surface area is 158 Å². The molecule has 0 spiro atoms. The molecule has 8 nitrogen and oxygen atoms in total. The number of rotatable bonds is 4. The normalized spacial score (nSPS) is 15.9. The minimum absolute atomic E-state index is 0.0684. The van der Waals surface area contributed by atoms with Crippen LogP contribution in [0.15, 0.2) is 18.5 Å². The molecule has 1 saturated heterocycles. The number of pyridine rings is 1. The molecule has 0 aromatic carbocycles. The first-order valence-corrected chi connectivity index (χ1v) is 9.25. The number of fused-ring (bicyclic) bond motifs is 1. The lowest BCUT2D eigenvalue weighted by Crippen LogP contribution is -2.36. The quantitative estimate of drug-likeness (QED) is 0.758. The first kappa shape index (κ1) is 17.7. The van der Waals surface area contributed by atoms with Crippen LogP contribution in [0, 0.1) is 13.8 Å². The molecular formula is C19H25N7O. The standard InChI is InChI=1S/C19H25N7O/c1-12(17-11-25(4)24-14(17)3)21-19-15-9-18(26-5-7-27-8-6-26)20-10-16(15)13(2)22-23-19/h9-12H,5-8H2,1-4H3,(H,21,23)/t12-/m1/s1. The third-order valence-electron chi connectivity index (χ3n) is 5.04. The van der Waals surface area contributed by atoms with Crippen LogP contribution in [0.2, 0.25) is 0 Å². The zero-order chi connectivity index (χ0) is 19.0. The van der Waals surface area contributed by atoms with Crippen molar-refractivity contribution in [2.75, 3.05) is 36.5 Å². The van der Waals surface area contributed by atoms with Crippen LogP contribution < -0.4 is 10.2 Å². The summed E-state index contributed by atoms with van der Waals surface area (Å²) in [4.78, 5) is 6.90. The Kier molecular flexibility index (Phi) is 4.65. The van der Waals surface area contributed by atoms with Gasteiger partial charge in [0, 0.05) is 48.9 Å². The summed E-state index contributed by atoms with van der Waals surface area (Å²) in [6, 6.07) is 2.17. The number of hydrogen-bond acceptors (Lipinski definition) is 7. The molecule has 0 aliphatic carbocycles. The average molecular weight is 367 g/mol. The molecule has 3 aromatic heterocycles. The molecule has 0 amide bonds. The topological polar surface area (TPSA) is 81.0 Å². The van der Waals surface area contributed by atoms with Crippen LogP contribution in [0.5, 0.6) is 0 Å². The highest BCUT2D eigenvalue weighted by Gasteiger charge is 2.18. The van der Waals surface area contributed by atoms with Crippen molar-refractivity contribution in [3.8, 4) is 0 Å². The summed E-state index contributed by atoms with van der Waals surface area (Å²) in [5.41, 5.74) is 3.04. The van der Waals surface area contributed by atoms with Gasteiger partial charge >= 0.3 is 0 Å². The maximum Gasteiger partial charge on any atom is 0.157 e. The van der Waals surface area contributed by atoms with Crippen molar-refractivity contribution in [3.63, 3.8) is 0 Å². The molecular weight excluding hydrogens is 342 g/mol. The van der Waals surface area contributed by atoms with E-state index >= 15 is 0 Å². The fourth-order valence-corrected chi connectivity index (χ4v) is 3.56. The molecule has 142 valence electrons. The van der Waals surface area contributed by atoms with Crippen molar-refractivity contribution >= 4 is 22.4 Å². The third kappa shape index (κ3) is 3.44. The van der Waals surface area contributed by atoms with E-state index in [9.17, 15) is 0 Å². The fraction of sp³-hybridized carbons (Fsp3) is 0.474. The third-order valence-corrected chi connectivity index (χ3v) is 5.04. The molecule has 4 heterocycles. The highest BCUT2D eigenvalue weighted by molar-refractivity contribution is 5.94. The highest BCUT2D eigenvalue weighted by atomic mass is 16.5. The van der Waals surface area contributed by atoms with E-state index in [2.05, 4.69) is 43.5 Å². The summed E-state index contributed by atoms with van der Waals surface area (Å²) >= 11 is 0. The second-order valence-corrected chi connectivity index (χ2v) is 7.03. The van der Waals surface area contributed by atoms with Crippen molar-refractivity contribution in [1.29, 1.82) is 0 Å². The number of anilines is 2. The van der Waals surface area contributed by atoms with Crippen molar-refractivity contribution in [2.45, 2.75) is 26.8 Å². The first-order chi connectivity index (χ1) is 13.0. The summed E-state index contributed by atoms with van der Waals surface area (Å²) in [5, 5.41) is 18.8. The van der Waals surface area contributed by atoms with Gasteiger partial charge in [-0.25, -0.2) is 4.98 Å². The number of ether oxygens (including phenoxy) is 1. The van der Waals surface area contributed by atoms with E-state index in [0.29, 0.717) is 0 Å². The van der Waals surface area contributed by atoms with Crippen LogP contribution in [0.3, 0.4) is 0 Å². The Morgan fingerprint density at radius 2 is 1.89 bits per heavy atom. The molecule has 4 rings (SSSR count). The molecule has 27 heavy (non-hydrogen) atoms. The van der Waals surface area contributed by atoms with Gasteiger partial charge in [-0.3, -0.25) is 4.68 Å². The molecule has 1 fully saturated rings. The van der Waals surface area contributed by atoms with Gasteiger partial charge in [0.05, 0.1) is 30.6 Å². The summed E-state index contributed by atoms with van der Waals surface area (Å²) in [6.45, 7) is 9.26. The molecule has 1 aliphatic rings. The smallest absolute Gasteiger partial charge is 0.157 e. The van der Waals surface area contributed by atoms with Crippen molar-refractivity contribution in [2.24, 2.45) is 7.05 Å². The van der Waals surface area contributed by atoms with Crippen LogP contribution in [-0.4, -0.2) is 51.3 Å². The monoisotopic (exact) mass is 367 g/mol. The second-order valence-electron chi connectivity index (χ2n) is 7.03. The molecule has 3 aromatic rings. The Balaban J connectivity index is 1.70. The largest absolute Gasteiger partial charge is 0.378 e. The predicted octanol–water partition coefficient (Wildman–Crippen LogP) is 2.38. The summed E-state index contributed by atoms with van der Waals surface area (Å²) in [7, 11) is 1.94. The van der Waals surface area contributed by atoms with Crippen LogP contribution in [-0.2, 0) is 11.8 Å². The maximum absolute atomic E-state index is 5.45. The fourth-order valence-electron chi connectivity index (χ4n) is 3.56. The SMILES string of the molecule is Cc1nn(C)cc1[C@@H](C)Nc1nnc(C)c2cnc(N3CCOCC3)cc12. The number of morpholine rings is 1. The molecule has 0 unspecified atom stereocenters. The van der Waals surface area contributed by atoms with Gasteiger partial charge in [0.1, 0.15) is 5.82 Å². The number of aromatic nitrogens is 5. The number of hydrogen-bond donors (Lipinski definition) is 1. The maximum atomic E-state index is 5.45. The summed E-state index contributed by atoms with van der Waals surface area (Å²) in [5.74, 6) is 1.72. The molecule has 0 saturated carbocycles. The van der Waals surface area contributed by atoms with Crippen molar-refractivity contribution in [1.82, 2.24) is 25.0 Å². The number of nitrogens with zero attached hydrogens (tertiary/aromatic N) is 6. The van der Waals surface area contributed by atoms with E-state index in [1.165, 1.54) is 0 Å². The van der Waals surface area contributed by atoms with Crippen molar-refractivity contribution in [3.05, 3.63) is 35.4 Å². The lowest BCUT2D eigenvalue weighted by atomic mass is 10.1. The Hall–Kier alpha value is -2.74. The van der Waals surface area contributed by atoms with Crippen LogP contribution >= 0.6 is 0 Å². The lowest BCUT2D eigenvalue weighted by molar-refractivity contribution is 0.122. The van der Waals surface area contributed by atoms with Gasteiger partial charge in [0.15, 0.2) is 5.82 Å². The van der Waals surface area contributed by atoms with Gasteiger partial charge in [0.25, 0.3) is 0 Å². The van der Waals surface area contributed by atoms with E-state index in [0.717, 1.165) is 65.7 Å². The average Bonchev–Trinajstić information content (AvgIpc) is 3.03. The van der Waals surface area contributed by atoms with Gasteiger partial charge in [-0.15, -0.1) is 5.10 Å². The number of aryl methyl sites for hydroxylation is 3. The second kappa shape index (κ2) is 7.11. The molecule has 1 N–H and O–H groups in total. The highest BCUT2D eigenvalue weighted by Crippen LogP contribution is 2.29. The van der Waals surface area contributed by atoms with Crippen molar-refractivity contribution < 1.29 is 4.74 Å². The van der Waals surface area contributed by atoms with Gasteiger partial charge in [-0.1, -0.05) is 0 Å². The minimum atomic E-state index is 0.0684. The Morgan fingerprint density at radius 3 is 2.59 bits per heavy atom. The molecule has 1 atom stereocenters. The van der Waals surface area contributed by atoms with E-state index in [1.54, 1.807) is 0 Å². The molecule has 1 aliphatic heterocycles. The van der Waals surface area contributed by atoms with Gasteiger partial charge < -0.3 is 15.0 Å². The van der Waals surface area contributed by atoms with Gasteiger partial charge in [0.2, 0.25) is 0 Å². The van der Waals surface area contributed by atoms with E-state index in [1.807, 2.05) is 38.0 Å². The molecule has 0 radical (unpaired) electrons. The van der Waals surface area contributed by atoms with E-state index in [4.69, 9.17) is 4.74 Å². The van der Waals surface area contributed by atoms with Gasteiger partial charge in [-0.2, -0.15) is 10.2 Å². The van der Waals surface area contributed by atoms with E-state index < -0.39 is 0 Å². The first-order valence-electron chi connectivity index (χ1n) is 9.25. The lowest BCUT2D eigenvalue weighted by Gasteiger charge is -2.28. The zero-order valence-corrected chi connectivity index (χ0v) is 16.2. The van der Waals surface area contributed by atoms with Gasteiger partial charge in [-0.05, 0) is 26.8 Å². The summed E-state index contributed by atoms with van der Waals surface area (Å²) in [6.07, 6.45) is 3.94. The molecule has 8 heteroatoms. The number of nitrogens with one attached hydrogen (secondary N) is 1. The van der Waals surface area contributed by atoms with Crippen LogP contribution in [0.1, 0.15) is 29.9 Å². The zero-order valence-electron chi connectivity index (χ0n) is 16.2. The minimum Gasteiger partial charge on any atom is -0.378 e. The van der Waals surface area contributed by atoms with E-state index in [-0.39, 0.29) is 6.04 Å². The summed E-state index contributed by atoms with van der Waals surface area (Å²) < 4.78 is 7.29.